The van der Waals surface area contributed by atoms with Gasteiger partial charge in [0.05, 0.1) is 22.7 Å². The number of anilines is 6. The smallest absolute Gasteiger partial charge is 0.143 e. The fourth-order valence-corrected chi connectivity index (χ4v) is 13.4. The van der Waals surface area contributed by atoms with E-state index in [1.165, 1.54) is 66.5 Å². The Kier molecular flexibility index (Phi) is 8.27. The van der Waals surface area contributed by atoms with Crippen LogP contribution in [-0.2, 0) is 10.8 Å². The van der Waals surface area contributed by atoms with Gasteiger partial charge in [0, 0.05) is 77.4 Å². The highest BCUT2D eigenvalue weighted by molar-refractivity contribution is 6.38. The maximum absolute atomic E-state index is 7.31. The van der Waals surface area contributed by atoms with E-state index >= 15 is 0 Å². The number of hydrogen-bond acceptors (Lipinski definition) is 4. The molecule has 74 heavy (non-hydrogen) atoms. The lowest BCUT2D eigenvalue weighted by Gasteiger charge is -2.41. The van der Waals surface area contributed by atoms with E-state index in [1.807, 2.05) is 0 Å². The Hall–Kier alpha value is -9.12. The first-order valence-electron chi connectivity index (χ1n) is 25.8. The molecule has 0 aliphatic carbocycles. The standard InChI is InChI=1S/C70H48N2O2/c1-69(2)55-23-11-15-27-59(55)71(60-28-16-12-24-56(60)69)43-31-33-45-51-39-49-48(42-21-9-6-10-22-42)38-54-66-50(47(41-19-7-5-8-20-41)37-53(65(49)66)67(51)73-63(45)35-43)40-52-46-34-32-44(36-64(46)74-68(52)54)72-61-29-17-13-25-57(61)70(3,4)58-26-14-18-30-62(58)72/h5-40H,1-4H3. The summed E-state index contributed by atoms with van der Waals surface area (Å²) in [5.41, 5.74) is 19.9. The Bertz CT molecular complexity index is 4270. The van der Waals surface area contributed by atoms with Crippen LogP contribution in [-0.4, -0.2) is 0 Å². The van der Waals surface area contributed by atoms with Crippen molar-refractivity contribution in [2.75, 3.05) is 9.80 Å². The second-order valence-corrected chi connectivity index (χ2v) is 21.6. The van der Waals surface area contributed by atoms with Gasteiger partial charge in [-0.1, -0.05) is 161 Å². The number of furan rings is 2. The second kappa shape index (κ2) is 14.7. The van der Waals surface area contributed by atoms with Crippen LogP contribution >= 0.6 is 0 Å². The molecule has 350 valence electrons. The molecule has 0 bridgehead atoms. The molecule has 0 spiro atoms. The lowest BCUT2D eigenvalue weighted by molar-refractivity contribution is 0.631. The average molecular weight is 949 g/mol. The monoisotopic (exact) mass is 948 g/mol. The second-order valence-electron chi connectivity index (χ2n) is 21.6. The number of hydrogen-bond donors (Lipinski definition) is 0. The van der Waals surface area contributed by atoms with Crippen molar-refractivity contribution in [3.05, 3.63) is 241 Å². The fourth-order valence-electron chi connectivity index (χ4n) is 13.4. The summed E-state index contributed by atoms with van der Waals surface area (Å²) in [5, 5.41) is 11.3. The zero-order valence-electron chi connectivity index (χ0n) is 41.5. The third-order valence-corrected chi connectivity index (χ3v) is 16.9. The Morgan fingerprint density at radius 2 is 0.635 bits per heavy atom. The number of nitrogens with zero attached hydrogens (tertiary/aromatic N) is 2. The average Bonchev–Trinajstić information content (AvgIpc) is 4.02. The van der Waals surface area contributed by atoms with Crippen LogP contribution in [0, 0.1) is 0 Å². The van der Waals surface area contributed by atoms with Crippen molar-refractivity contribution in [1.29, 1.82) is 0 Å². The van der Waals surface area contributed by atoms with Crippen molar-refractivity contribution in [3.8, 4) is 22.3 Å². The molecule has 0 unspecified atom stereocenters. The summed E-state index contributed by atoms with van der Waals surface area (Å²) in [4.78, 5) is 4.83. The van der Waals surface area contributed by atoms with Gasteiger partial charge in [-0.2, -0.15) is 0 Å². The van der Waals surface area contributed by atoms with Crippen molar-refractivity contribution in [1.82, 2.24) is 0 Å². The van der Waals surface area contributed by atoms with E-state index in [2.05, 4.69) is 256 Å². The Labute approximate surface area is 428 Å². The van der Waals surface area contributed by atoms with Crippen LogP contribution in [0.5, 0.6) is 0 Å². The van der Waals surface area contributed by atoms with Crippen LogP contribution in [0.3, 0.4) is 0 Å². The third kappa shape index (κ3) is 5.52. The first-order chi connectivity index (χ1) is 36.2. The third-order valence-electron chi connectivity index (χ3n) is 16.9. The first-order valence-corrected chi connectivity index (χ1v) is 25.8. The van der Waals surface area contributed by atoms with E-state index in [1.54, 1.807) is 0 Å². The summed E-state index contributed by atoms with van der Waals surface area (Å²) < 4.78 is 14.6. The van der Waals surface area contributed by atoms with E-state index < -0.39 is 0 Å². The van der Waals surface area contributed by atoms with Crippen molar-refractivity contribution in [2.24, 2.45) is 0 Å². The molecule has 0 N–H and O–H groups in total. The van der Waals surface area contributed by atoms with Crippen LogP contribution in [0.4, 0.5) is 34.1 Å². The summed E-state index contributed by atoms with van der Waals surface area (Å²) in [6.45, 7) is 9.34. The summed E-state index contributed by atoms with van der Waals surface area (Å²) in [6.07, 6.45) is 0. The molecule has 4 nitrogen and oxygen atoms in total. The number of rotatable bonds is 4. The molecule has 16 rings (SSSR count). The minimum atomic E-state index is -0.154. The van der Waals surface area contributed by atoms with Gasteiger partial charge >= 0.3 is 0 Å². The van der Waals surface area contributed by atoms with Crippen LogP contribution in [0.15, 0.2) is 227 Å². The van der Waals surface area contributed by atoms with Gasteiger partial charge in [0.15, 0.2) is 0 Å². The molecule has 0 amide bonds. The van der Waals surface area contributed by atoms with Gasteiger partial charge < -0.3 is 18.6 Å². The summed E-state index contributed by atoms with van der Waals surface area (Å²) in [6, 6.07) is 80.2. The minimum Gasteiger partial charge on any atom is -0.455 e. The minimum absolute atomic E-state index is 0.154. The Morgan fingerprint density at radius 3 is 1.00 bits per heavy atom. The van der Waals surface area contributed by atoms with Crippen LogP contribution in [0.2, 0.25) is 0 Å². The van der Waals surface area contributed by atoms with Crippen molar-refractivity contribution in [3.63, 3.8) is 0 Å². The molecule has 2 aliphatic rings. The van der Waals surface area contributed by atoms with Gasteiger partial charge in [-0.05, 0) is 128 Å². The summed E-state index contributed by atoms with van der Waals surface area (Å²) in [7, 11) is 0. The highest BCUT2D eigenvalue weighted by Crippen LogP contribution is 2.56. The number of benzene rings is 12. The van der Waals surface area contributed by atoms with Crippen LogP contribution in [0.1, 0.15) is 49.9 Å². The summed E-state index contributed by atoms with van der Waals surface area (Å²) in [5.74, 6) is 0. The van der Waals surface area contributed by atoms with E-state index in [4.69, 9.17) is 8.83 Å². The highest BCUT2D eigenvalue weighted by atomic mass is 16.3. The molecule has 0 saturated carbocycles. The molecular formula is C70H48N2O2. The first kappa shape index (κ1) is 41.5. The lowest BCUT2D eigenvalue weighted by Crippen LogP contribution is -2.30. The molecule has 4 heteroatoms. The van der Waals surface area contributed by atoms with Crippen molar-refractivity contribution < 1.29 is 8.83 Å². The molecule has 2 aliphatic heterocycles. The molecular weight excluding hydrogens is 901 g/mol. The Balaban J connectivity index is 0.976. The molecule has 4 heterocycles. The normalized spacial score (nSPS) is 14.6. The maximum atomic E-state index is 7.31. The predicted octanol–water partition coefficient (Wildman–Crippen LogP) is 19.9. The van der Waals surface area contributed by atoms with Gasteiger partial charge in [0.2, 0.25) is 0 Å². The largest absolute Gasteiger partial charge is 0.455 e. The molecule has 0 atom stereocenters. The fraction of sp³-hybridized carbons (Fsp3) is 0.0857. The van der Waals surface area contributed by atoms with Gasteiger partial charge in [0.1, 0.15) is 22.3 Å². The van der Waals surface area contributed by atoms with Crippen LogP contribution in [0.25, 0.3) is 98.4 Å². The topological polar surface area (TPSA) is 32.8 Å². The van der Waals surface area contributed by atoms with Gasteiger partial charge in [-0.15, -0.1) is 0 Å². The van der Waals surface area contributed by atoms with E-state index in [-0.39, 0.29) is 10.8 Å². The molecule has 0 fully saturated rings. The molecule has 0 saturated heterocycles. The highest BCUT2D eigenvalue weighted by Gasteiger charge is 2.38. The van der Waals surface area contributed by atoms with Gasteiger partial charge in [-0.25, -0.2) is 0 Å². The van der Waals surface area contributed by atoms with Crippen molar-refractivity contribution >= 4 is 110 Å². The summed E-state index contributed by atoms with van der Waals surface area (Å²) >= 11 is 0. The van der Waals surface area contributed by atoms with Gasteiger partial charge in [-0.3, -0.25) is 0 Å². The van der Waals surface area contributed by atoms with E-state index in [9.17, 15) is 0 Å². The Morgan fingerprint density at radius 1 is 0.297 bits per heavy atom. The molecule has 2 aromatic heterocycles. The zero-order valence-corrected chi connectivity index (χ0v) is 41.5. The quantitative estimate of drug-likeness (QED) is 0.165. The van der Waals surface area contributed by atoms with E-state index in [0.717, 1.165) is 88.3 Å². The maximum Gasteiger partial charge on any atom is 0.143 e. The number of fused-ring (bicyclic) bond motifs is 12. The SMILES string of the molecule is CC1(C)c2ccccc2N(c2ccc3c(c2)oc2c3cc3c(-c4ccccc4)cc4c5oc6cc(N7c8ccccc8C(C)(C)c8ccccc87)ccc6c5cc5c(-c6ccccc6)cc2c3c54)c2ccccc21. The lowest BCUT2D eigenvalue weighted by atomic mass is 9.73. The molecule has 0 radical (unpaired) electrons. The molecule has 14 aromatic rings. The van der Waals surface area contributed by atoms with Crippen LogP contribution < -0.4 is 9.80 Å². The number of para-hydroxylation sites is 4. The van der Waals surface area contributed by atoms with Crippen molar-refractivity contribution in [2.45, 2.75) is 38.5 Å². The molecule has 12 aromatic carbocycles. The zero-order chi connectivity index (χ0) is 49.2. The van der Waals surface area contributed by atoms with E-state index in [0.29, 0.717) is 0 Å². The van der Waals surface area contributed by atoms with Gasteiger partial charge in [0.25, 0.3) is 0 Å². The predicted molar refractivity (Wildman–Crippen MR) is 309 cm³/mol.